The fraction of sp³-hybridized carbons (Fsp3) is 0.611. The van der Waals surface area contributed by atoms with Gasteiger partial charge >= 0.3 is 0 Å². The minimum absolute atomic E-state index is 0.222. The maximum atomic E-state index is 12.6. The van der Waals surface area contributed by atoms with Crippen molar-refractivity contribution in [3.63, 3.8) is 0 Å². The van der Waals surface area contributed by atoms with E-state index in [2.05, 4.69) is 51.3 Å². The summed E-state index contributed by atoms with van der Waals surface area (Å²) in [6, 6.07) is 8.40. The van der Waals surface area contributed by atoms with Crippen molar-refractivity contribution in [2.45, 2.75) is 32.1 Å². The molecule has 2 atom stereocenters. The Hall–Kier alpha value is -0.870. The number of halogens is 1. The summed E-state index contributed by atoms with van der Waals surface area (Å²) in [5.74, 6) is 1.78. The van der Waals surface area contributed by atoms with Crippen LogP contribution in [0.2, 0.25) is 0 Å². The van der Waals surface area contributed by atoms with Crippen LogP contribution in [0.4, 0.5) is 0 Å². The van der Waals surface area contributed by atoms with Crippen molar-refractivity contribution >= 4 is 21.8 Å². The van der Waals surface area contributed by atoms with Gasteiger partial charge in [0.1, 0.15) is 0 Å². The predicted molar refractivity (Wildman–Crippen MR) is 92.8 cm³/mol. The third kappa shape index (κ3) is 3.72. The molecule has 0 aromatic heterocycles. The Morgan fingerprint density at radius 2 is 2.14 bits per heavy atom. The van der Waals surface area contributed by atoms with Crippen LogP contribution in [0.15, 0.2) is 28.7 Å². The summed E-state index contributed by atoms with van der Waals surface area (Å²) in [5.41, 5.74) is 1.30. The zero-order valence-electron chi connectivity index (χ0n) is 13.2. The smallest absolute Gasteiger partial charge is 0.226 e. The summed E-state index contributed by atoms with van der Waals surface area (Å²) in [6.07, 6.45) is 3.31. The van der Waals surface area contributed by atoms with Crippen molar-refractivity contribution < 1.29 is 4.79 Å². The first-order valence-corrected chi connectivity index (χ1v) is 9.23. The summed E-state index contributed by atoms with van der Waals surface area (Å²) in [7, 11) is 0. The second-order valence-corrected chi connectivity index (χ2v) is 7.50. The molecule has 3 nitrogen and oxygen atoms in total. The van der Waals surface area contributed by atoms with E-state index in [1.165, 1.54) is 5.56 Å². The molecule has 0 radical (unpaired) electrons. The highest BCUT2D eigenvalue weighted by Gasteiger charge is 2.46. The molecule has 4 heteroatoms. The molecular weight excluding hydrogens is 340 g/mol. The number of carbonyl (C=O) groups excluding carboxylic acids is 1. The molecule has 120 valence electrons. The molecule has 1 aromatic rings. The van der Waals surface area contributed by atoms with Gasteiger partial charge in [-0.15, -0.1) is 0 Å². The van der Waals surface area contributed by atoms with Gasteiger partial charge in [-0.1, -0.05) is 35.0 Å². The van der Waals surface area contributed by atoms with Crippen LogP contribution < -0.4 is 5.32 Å². The van der Waals surface area contributed by atoms with Gasteiger partial charge in [0, 0.05) is 23.5 Å². The fourth-order valence-corrected chi connectivity index (χ4v) is 3.93. The second-order valence-electron chi connectivity index (χ2n) is 6.58. The van der Waals surface area contributed by atoms with Crippen molar-refractivity contribution in [2.24, 2.45) is 11.8 Å². The van der Waals surface area contributed by atoms with Crippen molar-refractivity contribution in [1.29, 1.82) is 0 Å². The van der Waals surface area contributed by atoms with Crippen LogP contribution >= 0.6 is 15.9 Å². The highest BCUT2D eigenvalue weighted by atomic mass is 79.9. The molecule has 1 saturated heterocycles. The predicted octanol–water partition coefficient (Wildman–Crippen LogP) is 3.40. The monoisotopic (exact) mass is 364 g/mol. The highest BCUT2D eigenvalue weighted by molar-refractivity contribution is 9.10. The summed E-state index contributed by atoms with van der Waals surface area (Å²) in [6.45, 7) is 6.17. The first-order chi connectivity index (χ1) is 10.7. The number of piperidine rings is 1. The molecule has 1 aliphatic carbocycles. The molecule has 22 heavy (non-hydrogen) atoms. The lowest BCUT2D eigenvalue weighted by molar-refractivity contribution is -0.134. The number of amides is 1. The number of hydrogen-bond donors (Lipinski definition) is 1. The van der Waals surface area contributed by atoms with Crippen LogP contribution in [0.25, 0.3) is 0 Å². The van der Waals surface area contributed by atoms with E-state index in [1.807, 2.05) is 6.07 Å². The molecule has 1 amide bonds. The van der Waals surface area contributed by atoms with Crippen LogP contribution in [0, 0.1) is 11.8 Å². The average molecular weight is 365 g/mol. The number of hydrogen-bond acceptors (Lipinski definition) is 2. The molecule has 3 rings (SSSR count). The van der Waals surface area contributed by atoms with E-state index in [4.69, 9.17) is 0 Å². The Labute approximate surface area is 141 Å². The molecule has 1 aromatic carbocycles. The summed E-state index contributed by atoms with van der Waals surface area (Å²) in [4.78, 5) is 14.8. The maximum Gasteiger partial charge on any atom is 0.226 e. The second kappa shape index (κ2) is 7.14. The third-order valence-corrected chi connectivity index (χ3v) is 5.49. The molecule has 1 saturated carbocycles. The SMILES string of the molecule is CCNCC1CCN(C(=O)C2CC2c2cccc(Br)c2)CC1. The zero-order valence-corrected chi connectivity index (χ0v) is 14.8. The lowest BCUT2D eigenvalue weighted by Crippen LogP contribution is -2.41. The molecule has 2 fully saturated rings. The highest BCUT2D eigenvalue weighted by Crippen LogP contribution is 2.49. The van der Waals surface area contributed by atoms with E-state index in [9.17, 15) is 4.79 Å². The Kier molecular flexibility index (Phi) is 5.19. The molecule has 0 spiro atoms. The van der Waals surface area contributed by atoms with Crippen molar-refractivity contribution in [3.05, 3.63) is 34.3 Å². The van der Waals surface area contributed by atoms with E-state index in [-0.39, 0.29) is 5.92 Å². The minimum Gasteiger partial charge on any atom is -0.342 e. The lowest BCUT2D eigenvalue weighted by Gasteiger charge is -2.32. The van der Waals surface area contributed by atoms with Crippen molar-refractivity contribution in [1.82, 2.24) is 10.2 Å². The molecule has 2 aliphatic rings. The van der Waals surface area contributed by atoms with Gasteiger partial charge in [-0.05, 0) is 61.9 Å². The molecule has 1 N–H and O–H groups in total. The van der Waals surface area contributed by atoms with E-state index >= 15 is 0 Å². The van der Waals surface area contributed by atoms with E-state index in [0.29, 0.717) is 11.8 Å². The van der Waals surface area contributed by atoms with Gasteiger partial charge in [-0.25, -0.2) is 0 Å². The average Bonchev–Trinajstić information content (AvgIpc) is 3.33. The van der Waals surface area contributed by atoms with Crippen molar-refractivity contribution in [2.75, 3.05) is 26.2 Å². The summed E-state index contributed by atoms with van der Waals surface area (Å²) in [5, 5.41) is 3.42. The first kappa shape index (κ1) is 16.0. The standard InChI is InChI=1S/C18H25BrN2O/c1-2-20-12-13-6-8-21(9-7-13)18(22)17-11-16(17)14-4-3-5-15(19)10-14/h3-5,10,13,16-17,20H,2,6-9,11-12H2,1H3. The molecule has 2 unspecified atom stereocenters. The Morgan fingerprint density at radius 1 is 1.36 bits per heavy atom. The quantitative estimate of drug-likeness (QED) is 0.868. The van der Waals surface area contributed by atoms with Crippen LogP contribution in [0.3, 0.4) is 0 Å². The molecule has 1 aliphatic heterocycles. The Morgan fingerprint density at radius 3 is 2.82 bits per heavy atom. The van der Waals surface area contributed by atoms with Crippen LogP contribution in [0.1, 0.15) is 37.7 Å². The van der Waals surface area contributed by atoms with Crippen LogP contribution in [0.5, 0.6) is 0 Å². The first-order valence-electron chi connectivity index (χ1n) is 8.44. The number of nitrogens with zero attached hydrogens (tertiary/aromatic N) is 1. The molecule has 0 bridgehead atoms. The fourth-order valence-electron chi connectivity index (χ4n) is 3.51. The normalized spacial score (nSPS) is 25.3. The van der Waals surface area contributed by atoms with Gasteiger partial charge in [-0.2, -0.15) is 0 Å². The van der Waals surface area contributed by atoms with E-state index < -0.39 is 0 Å². The minimum atomic E-state index is 0.222. The largest absolute Gasteiger partial charge is 0.342 e. The number of carbonyl (C=O) groups is 1. The van der Waals surface area contributed by atoms with Crippen LogP contribution in [-0.2, 0) is 4.79 Å². The molecule has 1 heterocycles. The van der Waals surface area contributed by atoms with Crippen molar-refractivity contribution in [3.8, 4) is 0 Å². The van der Waals surface area contributed by atoms with Gasteiger partial charge in [0.05, 0.1) is 0 Å². The van der Waals surface area contributed by atoms with Crippen LogP contribution in [-0.4, -0.2) is 37.0 Å². The third-order valence-electron chi connectivity index (χ3n) is 4.99. The molecular formula is C18H25BrN2O. The Bertz CT molecular complexity index is 526. The maximum absolute atomic E-state index is 12.6. The van der Waals surface area contributed by atoms with E-state index in [0.717, 1.165) is 55.8 Å². The van der Waals surface area contributed by atoms with Gasteiger partial charge < -0.3 is 10.2 Å². The zero-order chi connectivity index (χ0) is 15.5. The topological polar surface area (TPSA) is 32.3 Å². The summed E-state index contributed by atoms with van der Waals surface area (Å²) < 4.78 is 1.10. The number of nitrogens with one attached hydrogen (secondary N) is 1. The van der Waals surface area contributed by atoms with E-state index in [1.54, 1.807) is 0 Å². The number of benzene rings is 1. The summed E-state index contributed by atoms with van der Waals surface area (Å²) >= 11 is 3.52. The number of likely N-dealkylation sites (tertiary alicyclic amines) is 1. The Balaban J connectivity index is 1.50. The van der Waals surface area contributed by atoms with Gasteiger partial charge in [-0.3, -0.25) is 4.79 Å². The number of rotatable bonds is 5. The lowest BCUT2D eigenvalue weighted by atomic mass is 9.96. The van der Waals surface area contributed by atoms with Gasteiger partial charge in [0.25, 0.3) is 0 Å². The van der Waals surface area contributed by atoms with Gasteiger partial charge in [0.2, 0.25) is 5.91 Å². The van der Waals surface area contributed by atoms with Gasteiger partial charge in [0.15, 0.2) is 0 Å².